The number of carbonyl (C=O) groups excluding carboxylic acids is 2. The van der Waals surface area contributed by atoms with Crippen LogP contribution < -0.4 is 5.32 Å². The molecule has 1 aliphatic heterocycles. The zero-order chi connectivity index (χ0) is 22.8. The highest BCUT2D eigenvalue weighted by Crippen LogP contribution is 2.46. The van der Waals surface area contributed by atoms with Crippen LogP contribution in [0.15, 0.2) is 71.1 Å². The summed E-state index contributed by atoms with van der Waals surface area (Å²) in [6.45, 7) is 3.94. The lowest BCUT2D eigenvalue weighted by Gasteiger charge is -2.36. The van der Waals surface area contributed by atoms with E-state index in [9.17, 15) is 14.0 Å². The quantitative estimate of drug-likeness (QED) is 0.582. The standard InChI is InChI=1S/C26H25ClFNO3/c1-3-12-32-26(31)23-15(2)29-21-13-17(16-8-10-18(27)11-9-16)14-22(30)25(21)24(23)19-6-4-5-7-20(19)28/h4-11,17,24,29H,3,12-14H2,1-2H3/t17-,24+/m0/s1. The molecule has 1 N–H and O–H groups in total. The lowest BCUT2D eigenvalue weighted by Crippen LogP contribution is -2.36. The Balaban J connectivity index is 1.79. The van der Waals surface area contributed by atoms with Crippen LogP contribution in [0.4, 0.5) is 4.39 Å². The van der Waals surface area contributed by atoms with Crippen LogP contribution in [-0.2, 0) is 14.3 Å². The molecule has 2 aliphatic rings. The molecule has 0 bridgehead atoms. The number of allylic oxidation sites excluding steroid dienone is 3. The summed E-state index contributed by atoms with van der Waals surface area (Å²) in [7, 11) is 0. The average Bonchev–Trinajstić information content (AvgIpc) is 2.77. The minimum Gasteiger partial charge on any atom is -0.462 e. The highest BCUT2D eigenvalue weighted by Gasteiger charge is 2.42. The van der Waals surface area contributed by atoms with Crippen molar-refractivity contribution in [1.82, 2.24) is 5.32 Å². The first kappa shape index (κ1) is 22.3. The number of Topliss-reactive ketones (excluding diaryl/α,β-unsaturated/α-hetero) is 1. The van der Waals surface area contributed by atoms with Gasteiger partial charge in [-0.2, -0.15) is 0 Å². The van der Waals surface area contributed by atoms with Crippen molar-refractivity contribution in [3.63, 3.8) is 0 Å². The molecule has 2 atom stereocenters. The van der Waals surface area contributed by atoms with Gasteiger partial charge in [-0.1, -0.05) is 48.9 Å². The average molecular weight is 454 g/mol. The van der Waals surface area contributed by atoms with E-state index in [4.69, 9.17) is 16.3 Å². The zero-order valence-corrected chi connectivity index (χ0v) is 18.8. The van der Waals surface area contributed by atoms with Crippen molar-refractivity contribution in [2.24, 2.45) is 0 Å². The van der Waals surface area contributed by atoms with Crippen molar-refractivity contribution < 1.29 is 18.7 Å². The molecule has 0 unspecified atom stereocenters. The summed E-state index contributed by atoms with van der Waals surface area (Å²) in [6, 6.07) is 13.8. The molecular formula is C26H25ClFNO3. The number of benzene rings is 2. The Kier molecular flexibility index (Phi) is 6.47. The van der Waals surface area contributed by atoms with Crippen LogP contribution in [0.2, 0.25) is 5.02 Å². The van der Waals surface area contributed by atoms with E-state index < -0.39 is 17.7 Å². The molecular weight excluding hydrogens is 429 g/mol. The van der Waals surface area contributed by atoms with Gasteiger partial charge in [0.2, 0.25) is 0 Å². The third-order valence-corrected chi connectivity index (χ3v) is 6.29. The number of ether oxygens (including phenoxy) is 1. The Bertz CT molecular complexity index is 1120. The maximum atomic E-state index is 14.9. The number of dihydropyridines is 1. The third-order valence-electron chi connectivity index (χ3n) is 6.04. The second-order valence-electron chi connectivity index (χ2n) is 8.23. The molecule has 0 amide bonds. The molecule has 0 aromatic heterocycles. The van der Waals surface area contributed by atoms with Crippen LogP contribution in [0.1, 0.15) is 56.1 Å². The van der Waals surface area contributed by atoms with Gasteiger partial charge in [0, 0.05) is 34.0 Å². The van der Waals surface area contributed by atoms with Gasteiger partial charge in [0.05, 0.1) is 18.1 Å². The molecule has 32 heavy (non-hydrogen) atoms. The van der Waals surface area contributed by atoms with Gasteiger partial charge in [0.15, 0.2) is 5.78 Å². The summed E-state index contributed by atoms with van der Waals surface area (Å²) < 4.78 is 20.3. The topological polar surface area (TPSA) is 55.4 Å². The number of hydrogen-bond acceptors (Lipinski definition) is 4. The number of nitrogens with one attached hydrogen (secondary N) is 1. The molecule has 0 radical (unpaired) electrons. The Morgan fingerprint density at radius 2 is 1.88 bits per heavy atom. The lowest BCUT2D eigenvalue weighted by atomic mass is 9.71. The fourth-order valence-electron chi connectivity index (χ4n) is 4.57. The van der Waals surface area contributed by atoms with E-state index in [0.717, 1.165) is 11.3 Å². The molecule has 0 saturated carbocycles. The van der Waals surface area contributed by atoms with Crippen LogP contribution in [0.5, 0.6) is 0 Å². The van der Waals surface area contributed by atoms with E-state index in [-0.39, 0.29) is 24.7 Å². The van der Waals surface area contributed by atoms with Crippen molar-refractivity contribution in [2.75, 3.05) is 6.61 Å². The molecule has 1 heterocycles. The Hall–Kier alpha value is -2.92. The molecule has 0 saturated heterocycles. The number of hydrogen-bond donors (Lipinski definition) is 1. The van der Waals surface area contributed by atoms with E-state index >= 15 is 0 Å². The largest absolute Gasteiger partial charge is 0.462 e. The van der Waals surface area contributed by atoms with E-state index in [1.807, 2.05) is 31.2 Å². The first-order chi connectivity index (χ1) is 15.4. The minimum atomic E-state index is -0.796. The lowest BCUT2D eigenvalue weighted by molar-refractivity contribution is -0.139. The Morgan fingerprint density at radius 1 is 1.16 bits per heavy atom. The van der Waals surface area contributed by atoms with Crippen LogP contribution in [0, 0.1) is 5.82 Å². The smallest absolute Gasteiger partial charge is 0.336 e. The van der Waals surface area contributed by atoms with Gasteiger partial charge in [-0.25, -0.2) is 9.18 Å². The molecule has 166 valence electrons. The summed E-state index contributed by atoms with van der Waals surface area (Å²) in [6.07, 6.45) is 1.54. The second-order valence-corrected chi connectivity index (χ2v) is 8.66. The van der Waals surface area contributed by atoms with Crippen molar-refractivity contribution >= 4 is 23.4 Å². The number of esters is 1. The van der Waals surface area contributed by atoms with Gasteiger partial charge in [-0.3, -0.25) is 4.79 Å². The fraction of sp³-hybridized carbons (Fsp3) is 0.308. The number of rotatable bonds is 5. The maximum Gasteiger partial charge on any atom is 0.336 e. The molecule has 6 heteroatoms. The number of carbonyl (C=O) groups is 2. The van der Waals surface area contributed by atoms with Crippen LogP contribution in [0.25, 0.3) is 0 Å². The van der Waals surface area contributed by atoms with Gasteiger partial charge < -0.3 is 10.1 Å². The molecule has 0 spiro atoms. The Morgan fingerprint density at radius 3 is 2.56 bits per heavy atom. The van der Waals surface area contributed by atoms with Crippen LogP contribution in [-0.4, -0.2) is 18.4 Å². The maximum absolute atomic E-state index is 14.9. The zero-order valence-electron chi connectivity index (χ0n) is 18.1. The summed E-state index contributed by atoms with van der Waals surface area (Å²) in [4.78, 5) is 26.4. The fourth-order valence-corrected chi connectivity index (χ4v) is 4.70. The number of ketones is 1. The van der Waals surface area contributed by atoms with Gasteiger partial charge in [0.1, 0.15) is 5.82 Å². The van der Waals surface area contributed by atoms with Crippen LogP contribution >= 0.6 is 11.6 Å². The number of halogens is 2. The normalized spacial score (nSPS) is 20.7. The van der Waals surface area contributed by atoms with Crippen molar-refractivity contribution in [3.05, 3.63) is 93.0 Å². The first-order valence-corrected chi connectivity index (χ1v) is 11.2. The summed E-state index contributed by atoms with van der Waals surface area (Å²) in [5.41, 5.74) is 3.40. The molecule has 2 aromatic carbocycles. The molecule has 4 nitrogen and oxygen atoms in total. The minimum absolute atomic E-state index is 0.0197. The summed E-state index contributed by atoms with van der Waals surface area (Å²) in [5, 5.41) is 3.91. The van der Waals surface area contributed by atoms with Gasteiger partial charge in [-0.15, -0.1) is 0 Å². The highest BCUT2D eigenvalue weighted by molar-refractivity contribution is 6.30. The first-order valence-electron chi connectivity index (χ1n) is 10.8. The van der Waals surface area contributed by atoms with Gasteiger partial charge >= 0.3 is 5.97 Å². The van der Waals surface area contributed by atoms with Crippen molar-refractivity contribution in [1.29, 1.82) is 0 Å². The van der Waals surface area contributed by atoms with Crippen molar-refractivity contribution in [3.8, 4) is 0 Å². The van der Waals surface area contributed by atoms with Gasteiger partial charge in [-0.05, 0) is 49.4 Å². The highest BCUT2D eigenvalue weighted by atomic mass is 35.5. The summed E-state index contributed by atoms with van der Waals surface area (Å²) >= 11 is 6.02. The monoisotopic (exact) mass is 453 g/mol. The van der Waals surface area contributed by atoms with E-state index in [1.54, 1.807) is 25.1 Å². The van der Waals surface area contributed by atoms with Crippen LogP contribution in [0.3, 0.4) is 0 Å². The molecule has 4 rings (SSSR count). The van der Waals surface area contributed by atoms with E-state index in [0.29, 0.717) is 40.3 Å². The second kappa shape index (κ2) is 9.29. The molecule has 2 aromatic rings. The van der Waals surface area contributed by atoms with E-state index in [2.05, 4.69) is 5.32 Å². The van der Waals surface area contributed by atoms with Crippen molar-refractivity contribution in [2.45, 2.75) is 44.9 Å². The summed E-state index contributed by atoms with van der Waals surface area (Å²) in [5.74, 6) is -1.89. The van der Waals surface area contributed by atoms with Gasteiger partial charge in [0.25, 0.3) is 0 Å². The molecule has 1 aliphatic carbocycles. The predicted molar refractivity (Wildman–Crippen MR) is 122 cm³/mol. The van der Waals surface area contributed by atoms with E-state index in [1.165, 1.54) is 6.07 Å². The SMILES string of the molecule is CCCOC(=O)C1=C(C)NC2=C(C(=O)C[C@@H](c3ccc(Cl)cc3)C2)[C@@H]1c1ccccc1F. The molecule has 0 fully saturated rings. The predicted octanol–water partition coefficient (Wildman–Crippen LogP) is 5.79. The Labute approximate surface area is 192 Å². The third kappa shape index (κ3) is 4.22.